The van der Waals surface area contributed by atoms with E-state index >= 15 is 0 Å². The van der Waals surface area contributed by atoms with Crippen LogP contribution >= 0.6 is 31.9 Å². The van der Waals surface area contributed by atoms with E-state index in [-0.39, 0.29) is 17.2 Å². The standard InChI is InChI=1S/C12H6Br2FNO3/c13-6-3-9(14)11(16-5-6)19-10-4-7(15)1-2-8(10)12(17)18/h1-5H,(H,17,18). The molecule has 19 heavy (non-hydrogen) atoms. The monoisotopic (exact) mass is 389 g/mol. The molecule has 0 fully saturated rings. The quantitative estimate of drug-likeness (QED) is 0.851. The van der Waals surface area contributed by atoms with Crippen LogP contribution in [0.15, 0.2) is 39.4 Å². The van der Waals surface area contributed by atoms with Crippen molar-refractivity contribution in [3.63, 3.8) is 0 Å². The number of carboxylic acid groups (broad SMARTS) is 1. The van der Waals surface area contributed by atoms with Crippen molar-refractivity contribution in [1.29, 1.82) is 0 Å². The largest absolute Gasteiger partial charge is 0.478 e. The van der Waals surface area contributed by atoms with Gasteiger partial charge in [0.1, 0.15) is 17.1 Å². The van der Waals surface area contributed by atoms with Gasteiger partial charge in [0.25, 0.3) is 0 Å². The van der Waals surface area contributed by atoms with Crippen LogP contribution in [-0.4, -0.2) is 16.1 Å². The molecule has 7 heteroatoms. The van der Waals surface area contributed by atoms with E-state index in [2.05, 4.69) is 36.8 Å². The maximum Gasteiger partial charge on any atom is 0.339 e. The van der Waals surface area contributed by atoms with Crippen LogP contribution in [-0.2, 0) is 0 Å². The van der Waals surface area contributed by atoms with Crippen molar-refractivity contribution >= 4 is 37.8 Å². The van der Waals surface area contributed by atoms with Crippen LogP contribution in [0.25, 0.3) is 0 Å². The lowest BCUT2D eigenvalue weighted by molar-refractivity contribution is 0.0694. The molecule has 98 valence electrons. The van der Waals surface area contributed by atoms with Gasteiger partial charge in [-0.2, -0.15) is 0 Å². The molecule has 0 saturated carbocycles. The van der Waals surface area contributed by atoms with E-state index in [1.807, 2.05) is 0 Å². The molecule has 4 nitrogen and oxygen atoms in total. The number of carbonyl (C=O) groups is 1. The Hall–Kier alpha value is -1.47. The second-order valence-electron chi connectivity index (χ2n) is 3.49. The maximum atomic E-state index is 13.2. The van der Waals surface area contributed by atoms with Gasteiger partial charge in [0.05, 0.1) is 4.47 Å². The highest BCUT2D eigenvalue weighted by atomic mass is 79.9. The first-order valence-corrected chi connectivity index (χ1v) is 6.57. The number of hydrogen-bond acceptors (Lipinski definition) is 3. The molecular weight excluding hydrogens is 385 g/mol. The minimum Gasteiger partial charge on any atom is -0.478 e. The summed E-state index contributed by atoms with van der Waals surface area (Å²) >= 11 is 6.45. The van der Waals surface area contributed by atoms with E-state index in [1.54, 1.807) is 6.07 Å². The first-order valence-electron chi connectivity index (χ1n) is 4.99. The first kappa shape index (κ1) is 14.0. The molecule has 1 aromatic carbocycles. The number of hydrogen-bond donors (Lipinski definition) is 1. The molecule has 0 atom stereocenters. The Kier molecular flexibility index (Phi) is 4.16. The van der Waals surface area contributed by atoms with Crippen molar-refractivity contribution in [1.82, 2.24) is 4.98 Å². The average Bonchev–Trinajstić information content (AvgIpc) is 2.32. The van der Waals surface area contributed by atoms with E-state index in [1.165, 1.54) is 6.20 Å². The minimum atomic E-state index is -1.21. The van der Waals surface area contributed by atoms with Gasteiger partial charge in [0, 0.05) is 16.7 Å². The van der Waals surface area contributed by atoms with E-state index in [9.17, 15) is 9.18 Å². The molecule has 2 aromatic rings. The topological polar surface area (TPSA) is 59.4 Å². The number of ether oxygens (including phenoxy) is 1. The van der Waals surface area contributed by atoms with Crippen LogP contribution in [0, 0.1) is 5.82 Å². The zero-order chi connectivity index (χ0) is 14.0. The summed E-state index contributed by atoms with van der Waals surface area (Å²) in [5, 5.41) is 9.01. The van der Waals surface area contributed by atoms with Crippen molar-refractivity contribution in [2.24, 2.45) is 0 Å². The number of rotatable bonds is 3. The molecule has 1 aromatic heterocycles. The van der Waals surface area contributed by atoms with Crippen LogP contribution in [0.1, 0.15) is 10.4 Å². The molecule has 0 aliphatic rings. The summed E-state index contributed by atoms with van der Waals surface area (Å²) < 4.78 is 19.7. The Morgan fingerprint density at radius 1 is 1.32 bits per heavy atom. The fraction of sp³-hybridized carbons (Fsp3) is 0. The Morgan fingerprint density at radius 2 is 2.05 bits per heavy atom. The number of carboxylic acids is 1. The summed E-state index contributed by atoms with van der Waals surface area (Å²) in [4.78, 5) is 15.0. The zero-order valence-electron chi connectivity index (χ0n) is 9.23. The fourth-order valence-electron chi connectivity index (χ4n) is 1.34. The number of pyridine rings is 1. The number of aromatic carboxylic acids is 1. The van der Waals surface area contributed by atoms with Crippen LogP contribution in [0.2, 0.25) is 0 Å². The number of halogens is 3. The highest BCUT2D eigenvalue weighted by molar-refractivity contribution is 9.11. The highest BCUT2D eigenvalue weighted by Crippen LogP contribution is 2.31. The van der Waals surface area contributed by atoms with E-state index in [4.69, 9.17) is 9.84 Å². The Balaban J connectivity index is 2.42. The van der Waals surface area contributed by atoms with Crippen LogP contribution in [0.4, 0.5) is 4.39 Å². The number of aromatic nitrogens is 1. The second-order valence-corrected chi connectivity index (χ2v) is 5.26. The molecular formula is C12H6Br2FNO3. The molecule has 0 bridgehead atoms. The first-order chi connectivity index (χ1) is 8.97. The van der Waals surface area contributed by atoms with Crippen LogP contribution in [0.5, 0.6) is 11.6 Å². The lowest BCUT2D eigenvalue weighted by Crippen LogP contribution is -2.01. The van der Waals surface area contributed by atoms with Gasteiger partial charge >= 0.3 is 5.97 Å². The van der Waals surface area contributed by atoms with Crippen molar-refractivity contribution < 1.29 is 19.0 Å². The van der Waals surface area contributed by atoms with Gasteiger partial charge < -0.3 is 9.84 Å². The predicted octanol–water partition coefficient (Wildman–Crippen LogP) is 4.24. The second kappa shape index (κ2) is 5.66. The third-order valence-corrected chi connectivity index (χ3v) is 3.16. The Bertz CT molecular complexity index is 649. The average molecular weight is 391 g/mol. The summed E-state index contributed by atoms with van der Waals surface area (Å²) in [6.07, 6.45) is 1.49. The van der Waals surface area contributed by atoms with Gasteiger partial charge in [-0.15, -0.1) is 0 Å². The maximum absolute atomic E-state index is 13.2. The molecule has 2 rings (SSSR count). The van der Waals surface area contributed by atoms with Crippen LogP contribution in [0.3, 0.4) is 0 Å². The molecule has 1 heterocycles. The van der Waals surface area contributed by atoms with Gasteiger partial charge in [0.2, 0.25) is 5.88 Å². The molecule has 0 unspecified atom stereocenters. The predicted molar refractivity (Wildman–Crippen MR) is 73.1 cm³/mol. The van der Waals surface area contributed by atoms with Gasteiger partial charge in [0.15, 0.2) is 0 Å². The van der Waals surface area contributed by atoms with E-state index < -0.39 is 11.8 Å². The molecule has 0 aliphatic heterocycles. The van der Waals surface area contributed by atoms with Crippen LogP contribution < -0.4 is 4.74 Å². The van der Waals surface area contributed by atoms with Gasteiger partial charge in [-0.1, -0.05) is 0 Å². The Morgan fingerprint density at radius 3 is 2.68 bits per heavy atom. The molecule has 0 radical (unpaired) electrons. The fourth-order valence-corrected chi connectivity index (χ4v) is 2.41. The molecule has 0 amide bonds. The number of benzene rings is 1. The van der Waals surface area contributed by atoms with Crippen molar-refractivity contribution in [3.05, 3.63) is 50.8 Å². The summed E-state index contributed by atoms with van der Waals surface area (Å²) in [5.74, 6) is -1.75. The van der Waals surface area contributed by atoms with Crippen molar-refractivity contribution in [3.8, 4) is 11.6 Å². The molecule has 0 saturated heterocycles. The number of nitrogens with zero attached hydrogens (tertiary/aromatic N) is 1. The summed E-state index contributed by atoms with van der Waals surface area (Å²) in [6, 6.07) is 4.88. The van der Waals surface area contributed by atoms with E-state index in [0.717, 1.165) is 22.7 Å². The summed E-state index contributed by atoms with van der Waals surface area (Å²) in [6.45, 7) is 0. The van der Waals surface area contributed by atoms with Crippen molar-refractivity contribution in [2.45, 2.75) is 0 Å². The third-order valence-electron chi connectivity index (χ3n) is 2.15. The SMILES string of the molecule is O=C(O)c1ccc(F)cc1Oc1ncc(Br)cc1Br. The van der Waals surface area contributed by atoms with Gasteiger partial charge in [-0.3, -0.25) is 0 Å². The van der Waals surface area contributed by atoms with E-state index in [0.29, 0.717) is 4.47 Å². The summed E-state index contributed by atoms with van der Waals surface area (Å²) in [7, 11) is 0. The molecule has 0 spiro atoms. The zero-order valence-corrected chi connectivity index (χ0v) is 12.4. The molecule has 0 aliphatic carbocycles. The minimum absolute atomic E-state index is 0.108. The lowest BCUT2D eigenvalue weighted by atomic mass is 10.2. The normalized spacial score (nSPS) is 10.3. The van der Waals surface area contributed by atoms with Gasteiger partial charge in [-0.25, -0.2) is 14.2 Å². The third kappa shape index (κ3) is 3.30. The van der Waals surface area contributed by atoms with Crippen molar-refractivity contribution in [2.75, 3.05) is 0 Å². The summed E-state index contributed by atoms with van der Waals surface area (Å²) in [5.41, 5.74) is -0.141. The Labute approximate surface area is 124 Å². The smallest absolute Gasteiger partial charge is 0.339 e. The van der Waals surface area contributed by atoms with Gasteiger partial charge in [-0.05, 0) is 50.1 Å². The highest BCUT2D eigenvalue weighted by Gasteiger charge is 2.15. The lowest BCUT2D eigenvalue weighted by Gasteiger charge is -2.09. The molecule has 1 N–H and O–H groups in total.